The van der Waals surface area contributed by atoms with Crippen LogP contribution in [0.5, 0.6) is 11.5 Å². The van der Waals surface area contributed by atoms with Gasteiger partial charge in [-0.05, 0) is 46.3 Å². The number of hydrogen-bond donors (Lipinski definition) is 1. The van der Waals surface area contributed by atoms with Crippen LogP contribution in [-0.2, 0) is 29.2 Å². The molecule has 0 radical (unpaired) electrons. The second-order valence-corrected chi connectivity index (χ2v) is 9.98. The summed E-state index contributed by atoms with van der Waals surface area (Å²) >= 11 is 0. The fourth-order valence-corrected chi connectivity index (χ4v) is 4.81. The molecule has 5 rings (SSSR count). The van der Waals surface area contributed by atoms with E-state index in [4.69, 9.17) is 14.2 Å². The Labute approximate surface area is 248 Å². The third-order valence-corrected chi connectivity index (χ3v) is 7.02. The number of cyclic esters (lactones) is 1. The molecule has 0 bridgehead atoms. The first-order chi connectivity index (χ1) is 21.0. The lowest BCUT2D eigenvalue weighted by Gasteiger charge is -2.26. The Bertz CT molecular complexity index is 1580. The molecule has 43 heavy (non-hydrogen) atoms. The normalized spacial score (nSPS) is 15.6. The molecule has 1 saturated heterocycles. The van der Waals surface area contributed by atoms with Crippen LogP contribution in [0.25, 0.3) is 10.4 Å². The van der Waals surface area contributed by atoms with Crippen molar-refractivity contribution in [2.75, 3.05) is 6.61 Å². The number of aliphatic hydroxyl groups excluding tert-OH is 1. The molecular formula is C33H30N4O6. The second kappa shape index (κ2) is 14.0. The minimum atomic E-state index is -1.63. The summed E-state index contributed by atoms with van der Waals surface area (Å²) in [5, 5.41) is 15.0. The third kappa shape index (κ3) is 7.32. The fraction of sp³-hybridized carbons (Fsp3) is 0.212. The number of imide groups is 1. The van der Waals surface area contributed by atoms with Gasteiger partial charge in [0.1, 0.15) is 25.9 Å². The molecule has 1 aliphatic rings. The monoisotopic (exact) mass is 578 g/mol. The zero-order chi connectivity index (χ0) is 30.0. The summed E-state index contributed by atoms with van der Waals surface area (Å²) in [7, 11) is 0. The van der Waals surface area contributed by atoms with Crippen LogP contribution in [0, 0.1) is 0 Å². The summed E-state index contributed by atoms with van der Waals surface area (Å²) in [6.07, 6.45) is -2.09. The Morgan fingerprint density at radius 2 is 1.44 bits per heavy atom. The summed E-state index contributed by atoms with van der Waals surface area (Å²) in [6, 6.07) is 31.0. The van der Waals surface area contributed by atoms with Crippen molar-refractivity contribution in [1.29, 1.82) is 0 Å². The van der Waals surface area contributed by atoms with Gasteiger partial charge in [-0.1, -0.05) is 102 Å². The average molecular weight is 579 g/mol. The van der Waals surface area contributed by atoms with Crippen molar-refractivity contribution in [3.05, 3.63) is 142 Å². The van der Waals surface area contributed by atoms with Crippen molar-refractivity contribution in [3.8, 4) is 11.5 Å². The third-order valence-electron chi connectivity index (χ3n) is 7.02. The van der Waals surface area contributed by atoms with Crippen molar-refractivity contribution in [2.45, 2.75) is 37.8 Å². The molecule has 2 amide bonds. The van der Waals surface area contributed by atoms with Gasteiger partial charge in [-0.15, -0.1) is 0 Å². The predicted octanol–water partition coefficient (Wildman–Crippen LogP) is 6.15. The molecule has 1 heterocycles. The van der Waals surface area contributed by atoms with Crippen LogP contribution >= 0.6 is 0 Å². The first-order valence-electron chi connectivity index (χ1n) is 13.8. The molecule has 0 saturated carbocycles. The molecule has 4 aromatic rings. The van der Waals surface area contributed by atoms with Crippen molar-refractivity contribution < 1.29 is 28.9 Å². The lowest BCUT2D eigenvalue weighted by atomic mass is 9.99. The van der Waals surface area contributed by atoms with E-state index >= 15 is 0 Å². The van der Waals surface area contributed by atoms with Gasteiger partial charge in [0.25, 0.3) is 0 Å². The number of amides is 2. The fourth-order valence-electron chi connectivity index (χ4n) is 4.81. The Balaban J connectivity index is 1.39. The highest BCUT2D eigenvalue weighted by Crippen LogP contribution is 2.34. The van der Waals surface area contributed by atoms with Crippen LogP contribution < -0.4 is 9.47 Å². The van der Waals surface area contributed by atoms with Gasteiger partial charge in [-0.3, -0.25) is 4.79 Å². The molecule has 10 heteroatoms. The van der Waals surface area contributed by atoms with Crippen molar-refractivity contribution in [1.82, 2.24) is 4.90 Å². The predicted molar refractivity (Wildman–Crippen MR) is 158 cm³/mol. The molecule has 1 fully saturated rings. The van der Waals surface area contributed by atoms with Crippen LogP contribution in [0.1, 0.15) is 28.4 Å². The lowest BCUT2D eigenvalue weighted by Crippen LogP contribution is -2.46. The lowest BCUT2D eigenvalue weighted by molar-refractivity contribution is -0.133. The first kappa shape index (κ1) is 29.2. The van der Waals surface area contributed by atoms with E-state index < -0.39 is 30.2 Å². The summed E-state index contributed by atoms with van der Waals surface area (Å²) in [5.41, 5.74) is 12.3. The number of nitrogens with zero attached hydrogens (tertiary/aromatic N) is 4. The molecule has 1 N–H and O–H groups in total. The molecule has 4 aromatic carbocycles. The van der Waals surface area contributed by atoms with Gasteiger partial charge >= 0.3 is 6.09 Å². The Kier molecular flexibility index (Phi) is 9.53. The molecule has 10 nitrogen and oxygen atoms in total. The highest BCUT2D eigenvalue weighted by molar-refractivity contribution is 5.97. The second-order valence-electron chi connectivity index (χ2n) is 9.98. The number of ether oxygens (including phenoxy) is 3. The van der Waals surface area contributed by atoms with E-state index in [-0.39, 0.29) is 25.4 Å². The maximum absolute atomic E-state index is 13.6. The number of carbonyl (C=O) groups is 2. The standard InChI is InChI=1S/C33H30N4O6/c34-36-35-30(32(39)37-27(22-43-33(37)40)18-23-10-4-1-5-11-23)31(38)26-16-17-28(41-20-24-12-6-2-7-13-24)29(19-26)42-21-25-14-8-3-9-15-25/h1-17,19,27,30-31,38H,18,20-22H2/t27-,30+,31-/m1/s1. The SMILES string of the molecule is [N-]=[N+]=N[C@H](C(=O)N1C(=O)OC[C@H]1Cc1ccccc1)[C@H](O)c1ccc(OCc2ccccc2)c(OCc2ccccc2)c1. The van der Waals surface area contributed by atoms with Crippen LogP contribution in [0.15, 0.2) is 114 Å². The van der Waals surface area contributed by atoms with E-state index in [1.807, 2.05) is 91.0 Å². The van der Waals surface area contributed by atoms with E-state index in [9.17, 15) is 20.2 Å². The van der Waals surface area contributed by atoms with E-state index in [0.717, 1.165) is 21.6 Å². The number of aliphatic hydroxyl groups is 1. The smallest absolute Gasteiger partial charge is 0.416 e. The zero-order valence-electron chi connectivity index (χ0n) is 23.2. The van der Waals surface area contributed by atoms with Gasteiger partial charge in [-0.25, -0.2) is 9.69 Å². The van der Waals surface area contributed by atoms with Crippen LogP contribution in [-0.4, -0.2) is 40.7 Å². The molecule has 1 aliphatic heterocycles. The van der Waals surface area contributed by atoms with Gasteiger partial charge in [0, 0.05) is 4.91 Å². The van der Waals surface area contributed by atoms with Crippen molar-refractivity contribution >= 4 is 12.0 Å². The van der Waals surface area contributed by atoms with Crippen LogP contribution in [0.4, 0.5) is 4.79 Å². The number of carbonyl (C=O) groups excluding carboxylic acids is 2. The molecule has 0 spiro atoms. The number of rotatable bonds is 12. The summed E-state index contributed by atoms with van der Waals surface area (Å²) in [4.78, 5) is 30.0. The topological polar surface area (TPSA) is 134 Å². The molecule has 0 aliphatic carbocycles. The van der Waals surface area contributed by atoms with Gasteiger partial charge in [0.05, 0.1) is 12.1 Å². The highest BCUT2D eigenvalue weighted by Gasteiger charge is 2.43. The van der Waals surface area contributed by atoms with Gasteiger partial charge in [-0.2, -0.15) is 0 Å². The zero-order valence-corrected chi connectivity index (χ0v) is 23.2. The number of hydrogen-bond acceptors (Lipinski definition) is 7. The largest absolute Gasteiger partial charge is 0.485 e. The van der Waals surface area contributed by atoms with Crippen LogP contribution in [0.2, 0.25) is 0 Å². The maximum atomic E-state index is 13.6. The molecule has 3 atom stereocenters. The van der Waals surface area contributed by atoms with Crippen molar-refractivity contribution in [2.24, 2.45) is 5.11 Å². The van der Waals surface area contributed by atoms with Gasteiger partial charge < -0.3 is 19.3 Å². The number of azide groups is 1. The Morgan fingerprint density at radius 1 is 0.884 bits per heavy atom. The van der Waals surface area contributed by atoms with E-state index in [2.05, 4.69) is 10.0 Å². The maximum Gasteiger partial charge on any atom is 0.416 e. The molecule has 218 valence electrons. The van der Waals surface area contributed by atoms with Crippen LogP contribution in [0.3, 0.4) is 0 Å². The Hall–Kier alpha value is -5.31. The minimum Gasteiger partial charge on any atom is -0.485 e. The van der Waals surface area contributed by atoms with Crippen molar-refractivity contribution in [3.63, 3.8) is 0 Å². The average Bonchev–Trinajstić information content (AvgIpc) is 3.41. The van der Waals surface area contributed by atoms with E-state index in [0.29, 0.717) is 17.9 Å². The van der Waals surface area contributed by atoms with Gasteiger partial charge in [0.2, 0.25) is 5.91 Å². The van der Waals surface area contributed by atoms with Gasteiger partial charge in [0.15, 0.2) is 11.5 Å². The van der Waals surface area contributed by atoms with E-state index in [1.54, 1.807) is 18.2 Å². The quantitative estimate of drug-likeness (QED) is 0.122. The summed E-state index contributed by atoms with van der Waals surface area (Å²) in [6.45, 7) is 0.495. The highest BCUT2D eigenvalue weighted by atomic mass is 16.6. The van der Waals surface area contributed by atoms with E-state index in [1.165, 1.54) is 0 Å². The molecule has 0 aromatic heterocycles. The number of benzene rings is 4. The summed E-state index contributed by atoms with van der Waals surface area (Å²) < 4.78 is 17.3. The first-order valence-corrected chi connectivity index (χ1v) is 13.8. The minimum absolute atomic E-state index is 0.0104. The molecular weight excluding hydrogens is 548 g/mol. The molecule has 0 unspecified atom stereocenters. The summed E-state index contributed by atoms with van der Waals surface area (Å²) in [5.74, 6) is -0.107. The Morgan fingerprint density at radius 3 is 2.02 bits per heavy atom.